The molecule has 0 saturated carbocycles. The van der Waals surface area contributed by atoms with Crippen LogP contribution in [-0.2, 0) is 18.5 Å². The fourth-order valence-electron chi connectivity index (χ4n) is 1.08. The number of carbonyl (C=O) groups excluding carboxylic acids is 1. The highest BCUT2D eigenvalue weighted by molar-refractivity contribution is 7.45. The van der Waals surface area contributed by atoms with Crippen LogP contribution in [-0.4, -0.2) is 44.8 Å². The molecule has 0 aliphatic rings. The third kappa shape index (κ3) is 10.9. The molecule has 0 saturated heterocycles. The van der Waals surface area contributed by atoms with Crippen LogP contribution in [0.25, 0.3) is 0 Å². The molecule has 19 heavy (non-hydrogen) atoms. The van der Waals surface area contributed by atoms with Crippen molar-refractivity contribution in [2.24, 2.45) is 0 Å². The van der Waals surface area contributed by atoms with Crippen molar-refractivity contribution in [3.05, 3.63) is 12.2 Å². The topological polar surface area (TPSA) is 87.7 Å². The number of unbranched alkanes of at least 4 members (excludes halogenated alkanes) is 1. The number of hydroxylamine groups is 3. The molecule has 1 amide bonds. The summed E-state index contributed by atoms with van der Waals surface area (Å²) in [6, 6.07) is 0. The van der Waals surface area contributed by atoms with Gasteiger partial charge in [-0.1, -0.05) is 6.58 Å². The van der Waals surface area contributed by atoms with Gasteiger partial charge in [0.15, 0.2) is 0 Å². The van der Waals surface area contributed by atoms with E-state index in [-0.39, 0.29) is 17.2 Å². The summed E-state index contributed by atoms with van der Waals surface area (Å²) < 4.78 is 20.6. The molecule has 0 aromatic carbocycles. The molecule has 112 valence electrons. The van der Waals surface area contributed by atoms with E-state index in [1.54, 1.807) is 28.1 Å². The zero-order valence-corrected chi connectivity index (χ0v) is 12.9. The monoisotopic (exact) mass is 294 g/mol. The number of quaternary nitrogens is 1. The Morgan fingerprint density at radius 3 is 2.42 bits per heavy atom. The minimum Gasteiger partial charge on any atom is -0.752 e. The smallest absolute Gasteiger partial charge is 0.325 e. The average Bonchev–Trinajstić information content (AvgIpc) is 2.18. The highest BCUT2D eigenvalue weighted by Crippen LogP contribution is 2.40. The summed E-state index contributed by atoms with van der Waals surface area (Å²) in [4.78, 5) is 22.5. The Morgan fingerprint density at radius 1 is 1.37 bits per heavy atom. The molecule has 1 unspecified atom stereocenters. The number of phosphoric ester groups is 1. The molecule has 1 atom stereocenters. The van der Waals surface area contributed by atoms with E-state index in [2.05, 4.69) is 11.9 Å². The second kappa shape index (κ2) is 7.77. The Morgan fingerprint density at radius 2 is 1.95 bits per heavy atom. The number of nitrogens with zero attached hydrogens (tertiary/aromatic N) is 1. The van der Waals surface area contributed by atoms with Gasteiger partial charge in [-0.3, -0.25) is 9.36 Å². The van der Waals surface area contributed by atoms with Crippen LogP contribution in [0.2, 0.25) is 0 Å². The Balaban J connectivity index is 3.72. The molecular formula is C11H23N2O5P. The maximum atomic E-state index is 11.4. The molecule has 1 N–H and O–H groups in total. The summed E-state index contributed by atoms with van der Waals surface area (Å²) >= 11 is 0. The number of nitrogens with one attached hydrogen (secondary N) is 1. The van der Waals surface area contributed by atoms with Crippen molar-refractivity contribution in [3.8, 4) is 0 Å². The van der Waals surface area contributed by atoms with Crippen LogP contribution in [0, 0.1) is 0 Å². The van der Waals surface area contributed by atoms with Crippen LogP contribution in [0.5, 0.6) is 0 Å². The zero-order valence-electron chi connectivity index (χ0n) is 12.0. The molecule has 0 heterocycles. The van der Waals surface area contributed by atoms with E-state index in [4.69, 9.17) is 9.15 Å². The molecule has 0 aromatic rings. The minimum atomic E-state index is -4.28. The maximum Gasteiger partial charge on any atom is 0.325 e. The number of phosphoric acid groups is 1. The van der Waals surface area contributed by atoms with Gasteiger partial charge in [-0.05, 0) is 19.8 Å². The second-order valence-electron chi connectivity index (χ2n) is 4.99. The van der Waals surface area contributed by atoms with E-state index in [0.717, 1.165) is 0 Å². The van der Waals surface area contributed by atoms with Gasteiger partial charge in [0.1, 0.15) is 0 Å². The van der Waals surface area contributed by atoms with Crippen molar-refractivity contribution in [2.45, 2.75) is 19.8 Å². The Hall–Kier alpha value is -0.720. The average molecular weight is 294 g/mol. The zero-order chi connectivity index (χ0) is 15.1. The molecule has 0 radical (unpaired) electrons. The number of rotatable bonds is 9. The molecular weight excluding hydrogens is 271 g/mol. The number of hydrogen-bond acceptors (Lipinski definition) is 5. The van der Waals surface area contributed by atoms with Crippen molar-refractivity contribution in [1.29, 1.82) is 0 Å². The lowest BCUT2D eigenvalue weighted by atomic mass is 10.3. The van der Waals surface area contributed by atoms with Gasteiger partial charge < -0.3 is 14.7 Å². The van der Waals surface area contributed by atoms with Gasteiger partial charge in [-0.2, -0.15) is 4.65 Å². The van der Waals surface area contributed by atoms with Crippen LogP contribution < -0.4 is 10.2 Å². The highest BCUT2D eigenvalue weighted by atomic mass is 31.2. The summed E-state index contributed by atoms with van der Waals surface area (Å²) in [5.74, 6) is -0.205. The van der Waals surface area contributed by atoms with Gasteiger partial charge in [0.25, 0.3) is 0 Å². The van der Waals surface area contributed by atoms with Crippen LogP contribution in [0.3, 0.4) is 0 Å². The Labute approximate surface area is 114 Å². The van der Waals surface area contributed by atoms with Gasteiger partial charge in [-0.25, -0.2) is 0 Å². The van der Waals surface area contributed by atoms with Crippen LogP contribution >= 0.6 is 7.82 Å². The van der Waals surface area contributed by atoms with Crippen LogP contribution in [0.15, 0.2) is 12.2 Å². The van der Waals surface area contributed by atoms with E-state index < -0.39 is 7.82 Å². The minimum absolute atomic E-state index is 0.0315. The fourth-order valence-corrected chi connectivity index (χ4v) is 2.08. The predicted molar refractivity (Wildman–Crippen MR) is 69.7 cm³/mol. The number of amides is 1. The fraction of sp³-hybridized carbons (Fsp3) is 0.727. The van der Waals surface area contributed by atoms with E-state index in [1.165, 1.54) is 0 Å². The maximum absolute atomic E-state index is 11.4. The van der Waals surface area contributed by atoms with Crippen molar-refractivity contribution >= 4 is 13.7 Å². The summed E-state index contributed by atoms with van der Waals surface area (Å²) in [5.41, 5.74) is 0.441. The molecule has 0 aliphatic carbocycles. The molecule has 0 fully saturated rings. The lowest BCUT2D eigenvalue weighted by Crippen LogP contribution is -2.35. The van der Waals surface area contributed by atoms with Crippen molar-refractivity contribution < 1.29 is 28.0 Å². The normalized spacial score (nSPS) is 14.8. The Bertz CT molecular complexity index is 365. The van der Waals surface area contributed by atoms with Crippen molar-refractivity contribution in [2.75, 3.05) is 34.3 Å². The van der Waals surface area contributed by atoms with Gasteiger partial charge in [0, 0.05) is 12.1 Å². The lowest BCUT2D eigenvalue weighted by Gasteiger charge is -2.29. The molecule has 8 heteroatoms. The molecule has 0 aromatic heterocycles. The van der Waals surface area contributed by atoms with E-state index >= 15 is 0 Å². The summed E-state index contributed by atoms with van der Waals surface area (Å²) in [6.45, 7) is 5.61. The van der Waals surface area contributed by atoms with Gasteiger partial charge in [-0.15, -0.1) is 4.62 Å². The molecule has 0 rings (SSSR count). The quantitative estimate of drug-likeness (QED) is 0.221. The van der Waals surface area contributed by atoms with E-state index in [1.807, 2.05) is 0 Å². The first-order valence-corrected chi connectivity index (χ1v) is 7.42. The molecule has 0 aliphatic heterocycles. The van der Waals surface area contributed by atoms with Crippen molar-refractivity contribution in [3.63, 3.8) is 0 Å². The summed E-state index contributed by atoms with van der Waals surface area (Å²) in [6.07, 6.45) is 1.12. The molecule has 7 nitrogen and oxygen atoms in total. The first kappa shape index (κ1) is 18.3. The molecule has 0 spiro atoms. The van der Waals surface area contributed by atoms with Gasteiger partial charge >= 0.3 is 7.82 Å². The summed E-state index contributed by atoms with van der Waals surface area (Å²) in [5, 5.41) is 2.64. The van der Waals surface area contributed by atoms with Crippen LogP contribution in [0.1, 0.15) is 19.8 Å². The lowest BCUT2D eigenvalue weighted by molar-refractivity contribution is -1.04. The Kier molecular flexibility index (Phi) is 7.47. The highest BCUT2D eigenvalue weighted by Gasteiger charge is 2.20. The number of hydrogen-bond donors (Lipinski definition) is 1. The number of carbonyl (C=O) groups is 1. The van der Waals surface area contributed by atoms with Crippen LogP contribution in [0.4, 0.5) is 0 Å². The third-order valence-corrected chi connectivity index (χ3v) is 3.03. The summed E-state index contributed by atoms with van der Waals surface area (Å²) in [7, 11) is 0.435. The van der Waals surface area contributed by atoms with Crippen molar-refractivity contribution in [1.82, 2.24) is 5.32 Å². The third-order valence-electron chi connectivity index (χ3n) is 1.84. The first-order chi connectivity index (χ1) is 8.53. The van der Waals surface area contributed by atoms with Gasteiger partial charge in [0.2, 0.25) is 5.91 Å². The van der Waals surface area contributed by atoms with E-state index in [9.17, 15) is 14.3 Å². The van der Waals surface area contributed by atoms with E-state index in [0.29, 0.717) is 25.0 Å². The van der Waals surface area contributed by atoms with Gasteiger partial charge in [0.05, 0.1) is 27.7 Å². The predicted octanol–water partition coefficient (Wildman–Crippen LogP) is 0.582. The second-order valence-corrected chi connectivity index (χ2v) is 6.31. The SMILES string of the molecule is C=C(C)C(=O)NCCCCOP(=O)([O-])O[N+](C)(C)C. The standard InChI is InChI=1S/C11H23N2O5P/c1-10(2)11(14)12-8-6-7-9-17-19(15,16)18-13(3,4)5/h1,6-9H2,2-5H3,(H-,12,14,15,16). The molecule has 0 bridgehead atoms. The largest absolute Gasteiger partial charge is 0.752 e. The first-order valence-electron chi connectivity index (χ1n) is 5.95.